The lowest BCUT2D eigenvalue weighted by atomic mass is 9.84. The summed E-state index contributed by atoms with van der Waals surface area (Å²) < 4.78 is 6.01. The number of benzene rings is 3. The fraction of sp³-hybridized carbons (Fsp3) is 0.179. The summed E-state index contributed by atoms with van der Waals surface area (Å²) in [6, 6.07) is 19.2. The fourth-order valence-electron chi connectivity index (χ4n) is 5.42. The molecule has 8 heteroatoms. The van der Waals surface area contributed by atoms with Crippen molar-refractivity contribution >= 4 is 51.7 Å². The third kappa shape index (κ3) is 3.01. The first kappa shape index (κ1) is 22.8. The first-order valence-corrected chi connectivity index (χ1v) is 12.4. The summed E-state index contributed by atoms with van der Waals surface area (Å²) in [6.07, 6.45) is 0.591. The Kier molecular flexibility index (Phi) is 5.21. The molecule has 0 saturated heterocycles. The Bertz CT molecular complexity index is 1630. The summed E-state index contributed by atoms with van der Waals surface area (Å²) in [4.78, 5) is 45.4. The standard InChI is InChI=1S/C28H20Cl2N2O4/c1-2-13-32-26(34)25-23(24(33)19-14-18(30)11-12-22(19)36-25)28(32)20-5-3-4-6-21(20)31(27(28)35)15-16-7-9-17(29)10-8-16/h3-12,14H,2,13,15H2,1H3. The Morgan fingerprint density at radius 3 is 2.39 bits per heavy atom. The van der Waals surface area contributed by atoms with Gasteiger partial charge in [0.1, 0.15) is 5.58 Å². The van der Waals surface area contributed by atoms with Crippen LogP contribution in [0.4, 0.5) is 5.69 Å². The van der Waals surface area contributed by atoms with Gasteiger partial charge in [0, 0.05) is 22.2 Å². The first-order valence-electron chi connectivity index (χ1n) is 11.6. The molecule has 2 aliphatic heterocycles. The van der Waals surface area contributed by atoms with E-state index in [4.69, 9.17) is 27.6 Å². The molecule has 2 amide bonds. The number of anilines is 1. The molecule has 1 aromatic heterocycles. The Labute approximate surface area is 216 Å². The number of halogens is 2. The van der Waals surface area contributed by atoms with Gasteiger partial charge in [0.15, 0.2) is 11.0 Å². The largest absolute Gasteiger partial charge is 0.450 e. The molecule has 6 nitrogen and oxygen atoms in total. The van der Waals surface area contributed by atoms with Crippen molar-refractivity contribution in [2.45, 2.75) is 25.4 Å². The van der Waals surface area contributed by atoms with Crippen molar-refractivity contribution in [1.82, 2.24) is 4.90 Å². The quantitative estimate of drug-likeness (QED) is 0.344. The number of carbonyl (C=O) groups excluding carboxylic acids is 2. The molecule has 1 spiro atoms. The van der Waals surface area contributed by atoms with Crippen LogP contribution in [0.1, 0.15) is 40.6 Å². The van der Waals surface area contributed by atoms with Crippen LogP contribution in [0.3, 0.4) is 0 Å². The molecule has 0 saturated carbocycles. The molecular weight excluding hydrogens is 499 g/mol. The summed E-state index contributed by atoms with van der Waals surface area (Å²) >= 11 is 12.3. The van der Waals surface area contributed by atoms with Crippen LogP contribution in [0.2, 0.25) is 10.0 Å². The van der Waals surface area contributed by atoms with Crippen LogP contribution in [0, 0.1) is 0 Å². The summed E-state index contributed by atoms with van der Waals surface area (Å²) in [6.45, 7) is 2.45. The number of para-hydroxylation sites is 1. The van der Waals surface area contributed by atoms with Gasteiger partial charge in [0.2, 0.25) is 5.76 Å². The summed E-state index contributed by atoms with van der Waals surface area (Å²) in [5.41, 5.74) is 0.333. The fourth-order valence-corrected chi connectivity index (χ4v) is 5.71. The Morgan fingerprint density at radius 1 is 0.917 bits per heavy atom. The normalized spacial score (nSPS) is 18.4. The third-order valence-corrected chi connectivity index (χ3v) is 7.39. The van der Waals surface area contributed by atoms with E-state index >= 15 is 0 Å². The van der Waals surface area contributed by atoms with E-state index in [0.717, 1.165) is 5.56 Å². The lowest BCUT2D eigenvalue weighted by Crippen LogP contribution is -2.53. The molecule has 1 unspecified atom stereocenters. The molecule has 0 bridgehead atoms. The Morgan fingerprint density at radius 2 is 1.64 bits per heavy atom. The van der Waals surface area contributed by atoms with E-state index in [1.807, 2.05) is 43.3 Å². The predicted octanol–water partition coefficient (Wildman–Crippen LogP) is 5.76. The van der Waals surface area contributed by atoms with Gasteiger partial charge in [-0.15, -0.1) is 0 Å². The van der Waals surface area contributed by atoms with Gasteiger partial charge in [-0.25, -0.2) is 0 Å². The van der Waals surface area contributed by atoms with Crippen LogP contribution in [-0.4, -0.2) is 23.3 Å². The van der Waals surface area contributed by atoms with Gasteiger partial charge < -0.3 is 14.2 Å². The van der Waals surface area contributed by atoms with Crippen molar-refractivity contribution in [3.05, 3.63) is 109 Å². The Hall–Kier alpha value is -3.61. The maximum Gasteiger partial charge on any atom is 0.291 e. The van der Waals surface area contributed by atoms with Crippen LogP contribution in [0.5, 0.6) is 0 Å². The van der Waals surface area contributed by atoms with E-state index in [-0.39, 0.29) is 41.3 Å². The number of rotatable bonds is 4. The van der Waals surface area contributed by atoms with Gasteiger partial charge >= 0.3 is 0 Å². The highest BCUT2D eigenvalue weighted by Crippen LogP contribution is 2.52. The van der Waals surface area contributed by atoms with Crippen LogP contribution in [-0.2, 0) is 16.9 Å². The van der Waals surface area contributed by atoms with E-state index in [1.54, 1.807) is 29.2 Å². The summed E-state index contributed by atoms with van der Waals surface area (Å²) in [7, 11) is 0. The molecule has 6 rings (SSSR count). The number of nitrogens with zero attached hydrogens (tertiary/aromatic N) is 2. The molecule has 0 aliphatic carbocycles. The zero-order valence-corrected chi connectivity index (χ0v) is 20.8. The number of amides is 2. The minimum Gasteiger partial charge on any atom is -0.450 e. The predicted molar refractivity (Wildman–Crippen MR) is 139 cm³/mol. The number of hydrogen-bond donors (Lipinski definition) is 0. The van der Waals surface area contributed by atoms with Gasteiger partial charge in [0.05, 0.1) is 23.2 Å². The van der Waals surface area contributed by atoms with Gasteiger partial charge in [0.25, 0.3) is 11.8 Å². The maximum absolute atomic E-state index is 14.5. The molecule has 2 aliphatic rings. The first-order chi connectivity index (χ1) is 17.4. The Balaban J connectivity index is 1.65. The van der Waals surface area contributed by atoms with Crippen molar-refractivity contribution in [2.24, 2.45) is 0 Å². The molecule has 0 radical (unpaired) electrons. The summed E-state index contributed by atoms with van der Waals surface area (Å²) in [5.74, 6) is -0.940. The molecule has 0 fully saturated rings. The van der Waals surface area contributed by atoms with E-state index in [2.05, 4.69) is 0 Å². The van der Waals surface area contributed by atoms with E-state index in [0.29, 0.717) is 27.7 Å². The average Bonchev–Trinajstić information content (AvgIpc) is 3.26. The molecule has 4 aromatic rings. The van der Waals surface area contributed by atoms with Crippen molar-refractivity contribution in [1.29, 1.82) is 0 Å². The number of hydrogen-bond acceptors (Lipinski definition) is 4. The van der Waals surface area contributed by atoms with Crippen molar-refractivity contribution in [3.8, 4) is 0 Å². The topological polar surface area (TPSA) is 70.8 Å². The number of carbonyl (C=O) groups is 2. The second-order valence-corrected chi connectivity index (χ2v) is 9.85. The van der Waals surface area contributed by atoms with Gasteiger partial charge in [-0.1, -0.05) is 60.5 Å². The lowest BCUT2D eigenvalue weighted by molar-refractivity contribution is -0.126. The molecular formula is C28H20Cl2N2O4. The monoisotopic (exact) mass is 518 g/mol. The zero-order valence-electron chi connectivity index (χ0n) is 19.3. The minimum absolute atomic E-state index is 0.0479. The van der Waals surface area contributed by atoms with Gasteiger partial charge in [-0.3, -0.25) is 14.4 Å². The minimum atomic E-state index is -1.62. The molecule has 180 valence electrons. The second-order valence-electron chi connectivity index (χ2n) is 8.98. The molecule has 1 atom stereocenters. The third-order valence-electron chi connectivity index (χ3n) is 6.90. The molecule has 36 heavy (non-hydrogen) atoms. The number of fused-ring (bicyclic) bond motifs is 5. The van der Waals surface area contributed by atoms with Gasteiger partial charge in [-0.05, 0) is 48.4 Å². The van der Waals surface area contributed by atoms with Crippen LogP contribution in [0.15, 0.2) is 75.9 Å². The highest BCUT2D eigenvalue weighted by atomic mass is 35.5. The molecule has 3 heterocycles. The van der Waals surface area contributed by atoms with E-state index in [1.165, 1.54) is 11.0 Å². The highest BCUT2D eigenvalue weighted by molar-refractivity contribution is 6.31. The lowest BCUT2D eigenvalue weighted by Gasteiger charge is -2.34. The van der Waals surface area contributed by atoms with Crippen LogP contribution >= 0.6 is 23.2 Å². The van der Waals surface area contributed by atoms with E-state index < -0.39 is 16.9 Å². The van der Waals surface area contributed by atoms with Crippen molar-refractivity contribution in [3.63, 3.8) is 0 Å². The van der Waals surface area contributed by atoms with Gasteiger partial charge in [-0.2, -0.15) is 0 Å². The van der Waals surface area contributed by atoms with Crippen molar-refractivity contribution in [2.75, 3.05) is 11.4 Å². The SMILES string of the molecule is CCCN1C(=O)c2oc3ccc(Cl)cc3c(=O)c2C12C(=O)N(Cc1ccc(Cl)cc1)c1ccccc12. The van der Waals surface area contributed by atoms with E-state index in [9.17, 15) is 14.4 Å². The average molecular weight is 519 g/mol. The molecule has 3 aromatic carbocycles. The molecule has 0 N–H and O–H groups in total. The van der Waals surface area contributed by atoms with Crippen molar-refractivity contribution < 1.29 is 14.0 Å². The second kappa shape index (κ2) is 8.22. The van der Waals surface area contributed by atoms with Crippen LogP contribution in [0.25, 0.3) is 11.0 Å². The van der Waals surface area contributed by atoms with Crippen LogP contribution < -0.4 is 10.3 Å². The zero-order chi connectivity index (χ0) is 25.2. The highest BCUT2D eigenvalue weighted by Gasteiger charge is 2.64. The summed E-state index contributed by atoms with van der Waals surface area (Å²) in [5, 5.41) is 1.19. The maximum atomic E-state index is 14.5. The smallest absolute Gasteiger partial charge is 0.291 e.